The van der Waals surface area contributed by atoms with Crippen molar-refractivity contribution in [3.63, 3.8) is 0 Å². The van der Waals surface area contributed by atoms with Gasteiger partial charge in [0.1, 0.15) is 5.82 Å². The fourth-order valence-corrected chi connectivity index (χ4v) is 4.26. The Balaban J connectivity index is 1.77. The predicted molar refractivity (Wildman–Crippen MR) is 110 cm³/mol. The second-order valence-electron chi connectivity index (χ2n) is 6.79. The van der Waals surface area contributed by atoms with Crippen molar-refractivity contribution in [1.82, 2.24) is 15.3 Å². The number of ketones is 1. The summed E-state index contributed by atoms with van der Waals surface area (Å²) in [6.07, 6.45) is 1.65. The maximum Gasteiger partial charge on any atom is 0.227 e. The van der Waals surface area contributed by atoms with E-state index in [0.29, 0.717) is 11.4 Å². The van der Waals surface area contributed by atoms with E-state index in [4.69, 9.17) is 5.73 Å². The van der Waals surface area contributed by atoms with Gasteiger partial charge in [0.15, 0.2) is 0 Å². The van der Waals surface area contributed by atoms with E-state index in [1.165, 1.54) is 11.8 Å². The first-order valence-corrected chi connectivity index (χ1v) is 9.52. The molecule has 4 rings (SSSR count). The van der Waals surface area contributed by atoms with Crippen LogP contribution in [0.2, 0.25) is 0 Å². The van der Waals surface area contributed by atoms with Gasteiger partial charge in [0.05, 0.1) is 17.4 Å². The van der Waals surface area contributed by atoms with Crippen LogP contribution in [0.1, 0.15) is 27.0 Å². The molecule has 7 heteroatoms. The third kappa shape index (κ3) is 2.94. The molecule has 1 atom stereocenters. The highest BCUT2D eigenvalue weighted by molar-refractivity contribution is 8.04. The summed E-state index contributed by atoms with van der Waals surface area (Å²) in [5, 5.41) is 8.27. The van der Waals surface area contributed by atoms with E-state index in [9.17, 15) is 4.79 Å². The van der Waals surface area contributed by atoms with Gasteiger partial charge in [-0.2, -0.15) is 0 Å². The number of aryl methyl sites for hydroxylation is 2. The van der Waals surface area contributed by atoms with Gasteiger partial charge in [-0.25, -0.2) is 4.98 Å². The van der Waals surface area contributed by atoms with E-state index in [0.717, 1.165) is 33.4 Å². The molecule has 0 saturated carbocycles. The van der Waals surface area contributed by atoms with E-state index < -0.39 is 4.99 Å². The lowest BCUT2D eigenvalue weighted by molar-refractivity contribution is 0.0943. The van der Waals surface area contributed by atoms with E-state index in [-0.39, 0.29) is 5.78 Å². The van der Waals surface area contributed by atoms with Gasteiger partial charge in [-0.15, -0.1) is 0 Å². The first-order chi connectivity index (χ1) is 12.9. The Morgan fingerprint density at radius 3 is 2.70 bits per heavy atom. The summed E-state index contributed by atoms with van der Waals surface area (Å²) in [6, 6.07) is 9.77. The monoisotopic (exact) mass is 379 g/mol. The number of aromatic nitrogens is 2. The van der Waals surface area contributed by atoms with Gasteiger partial charge >= 0.3 is 0 Å². The zero-order chi connectivity index (χ0) is 19.2. The number of aromatic amines is 1. The van der Waals surface area contributed by atoms with Crippen molar-refractivity contribution in [3.8, 4) is 0 Å². The van der Waals surface area contributed by atoms with Crippen molar-refractivity contribution < 1.29 is 4.79 Å². The number of carbonyl (C=O) groups is 1. The molecule has 27 heavy (non-hydrogen) atoms. The Bertz CT molecular complexity index is 1090. The second kappa shape index (κ2) is 6.35. The van der Waals surface area contributed by atoms with Crippen LogP contribution < -0.4 is 16.4 Å². The second-order valence-corrected chi connectivity index (χ2v) is 7.87. The summed E-state index contributed by atoms with van der Waals surface area (Å²) in [6.45, 7) is 5.95. The van der Waals surface area contributed by atoms with Crippen molar-refractivity contribution in [3.05, 3.63) is 70.1 Å². The van der Waals surface area contributed by atoms with Crippen LogP contribution in [0.5, 0.6) is 0 Å². The Morgan fingerprint density at radius 1 is 1.19 bits per heavy atom. The van der Waals surface area contributed by atoms with E-state index in [1.54, 1.807) is 11.7 Å². The third-order valence-corrected chi connectivity index (χ3v) is 6.03. The van der Waals surface area contributed by atoms with Crippen molar-refractivity contribution >= 4 is 34.3 Å². The van der Waals surface area contributed by atoms with Crippen LogP contribution >= 0.6 is 11.8 Å². The number of hydrogen-bond donors (Lipinski definition) is 4. The molecule has 0 aliphatic carbocycles. The molecular weight excluding hydrogens is 358 g/mol. The van der Waals surface area contributed by atoms with Crippen LogP contribution in [0, 0.1) is 20.8 Å². The fraction of sp³-hybridized carbons (Fsp3) is 0.200. The van der Waals surface area contributed by atoms with Crippen LogP contribution in [0.15, 0.2) is 47.9 Å². The van der Waals surface area contributed by atoms with Gasteiger partial charge in [0, 0.05) is 16.7 Å². The highest BCUT2D eigenvalue weighted by Crippen LogP contribution is 2.37. The molecular formula is C20H21N5OS. The van der Waals surface area contributed by atoms with Crippen LogP contribution in [0.25, 0.3) is 11.0 Å². The van der Waals surface area contributed by atoms with Crippen molar-refractivity contribution in [2.24, 2.45) is 5.73 Å². The molecule has 2 heterocycles. The van der Waals surface area contributed by atoms with E-state index >= 15 is 0 Å². The van der Waals surface area contributed by atoms with Crippen LogP contribution in [0.3, 0.4) is 0 Å². The van der Waals surface area contributed by atoms with Crippen LogP contribution in [-0.4, -0.2) is 20.7 Å². The number of carbonyl (C=O) groups excluding carboxylic acids is 1. The molecule has 1 aromatic heterocycles. The Hall–Kier alpha value is -2.93. The molecule has 6 nitrogen and oxygen atoms in total. The minimum absolute atomic E-state index is 0.0485. The Kier molecular flexibility index (Phi) is 4.11. The smallest absolute Gasteiger partial charge is 0.227 e. The standard InChI is InChI=1S/C20H21N5OS/c1-11-4-5-12(2)18(13(11)3)19(26)20(25-17(21)9-27-20)24-14-6-7-15-16(8-14)23-10-22-15/h4-10,24-25H,21H2,1-3H3,(H,22,23). The summed E-state index contributed by atoms with van der Waals surface area (Å²) in [4.78, 5) is 19.9. The molecule has 5 N–H and O–H groups in total. The average molecular weight is 379 g/mol. The fourth-order valence-electron chi connectivity index (χ4n) is 3.34. The van der Waals surface area contributed by atoms with Crippen molar-refractivity contribution in [2.45, 2.75) is 25.8 Å². The van der Waals surface area contributed by atoms with Crippen molar-refractivity contribution in [2.75, 3.05) is 5.32 Å². The number of fused-ring (bicyclic) bond motifs is 1. The lowest BCUT2D eigenvalue weighted by atomic mass is 9.93. The molecule has 0 fully saturated rings. The summed E-state index contributed by atoms with van der Waals surface area (Å²) in [5.41, 5.74) is 12.3. The first kappa shape index (κ1) is 17.5. The number of rotatable bonds is 4. The predicted octanol–water partition coefficient (Wildman–Crippen LogP) is 3.53. The molecule has 0 radical (unpaired) electrons. The van der Waals surface area contributed by atoms with E-state index in [2.05, 4.69) is 20.6 Å². The number of Topliss-reactive ketones (excluding diaryl/α,β-unsaturated/α-hetero) is 1. The van der Waals surface area contributed by atoms with Crippen molar-refractivity contribution in [1.29, 1.82) is 0 Å². The number of benzene rings is 2. The molecule has 0 saturated heterocycles. The quantitative estimate of drug-likeness (QED) is 0.518. The minimum atomic E-state index is -1.10. The molecule has 1 unspecified atom stereocenters. The normalized spacial score (nSPS) is 19.0. The zero-order valence-corrected chi connectivity index (χ0v) is 16.2. The number of hydrogen-bond acceptors (Lipinski definition) is 6. The molecule has 1 aliphatic heterocycles. The maximum absolute atomic E-state index is 13.7. The summed E-state index contributed by atoms with van der Waals surface area (Å²) in [5.74, 6) is 0.416. The van der Waals surface area contributed by atoms with Gasteiger partial charge < -0.3 is 21.4 Å². The molecule has 1 aliphatic rings. The molecule has 0 bridgehead atoms. The molecule has 2 aromatic carbocycles. The van der Waals surface area contributed by atoms with Gasteiger partial charge in [-0.3, -0.25) is 4.79 Å². The molecule has 0 spiro atoms. The van der Waals surface area contributed by atoms with Gasteiger partial charge in [0.2, 0.25) is 10.8 Å². The Labute approximate surface area is 161 Å². The highest BCUT2D eigenvalue weighted by Gasteiger charge is 2.44. The van der Waals surface area contributed by atoms with Gasteiger partial charge in [-0.05, 0) is 55.7 Å². The van der Waals surface area contributed by atoms with Gasteiger partial charge in [0.25, 0.3) is 0 Å². The lowest BCUT2D eigenvalue weighted by Gasteiger charge is -2.31. The summed E-state index contributed by atoms with van der Waals surface area (Å²) >= 11 is 1.34. The van der Waals surface area contributed by atoms with Crippen LogP contribution in [0.4, 0.5) is 5.69 Å². The topological polar surface area (TPSA) is 95.8 Å². The highest BCUT2D eigenvalue weighted by atomic mass is 32.2. The largest absolute Gasteiger partial charge is 0.385 e. The summed E-state index contributed by atoms with van der Waals surface area (Å²) < 4.78 is 0. The Morgan fingerprint density at radius 2 is 1.96 bits per heavy atom. The molecule has 0 amide bonds. The number of imidazole rings is 1. The van der Waals surface area contributed by atoms with Crippen LogP contribution in [-0.2, 0) is 0 Å². The number of nitrogens with zero attached hydrogens (tertiary/aromatic N) is 1. The number of nitrogens with two attached hydrogens (primary N) is 1. The molecule has 138 valence electrons. The lowest BCUT2D eigenvalue weighted by Crippen LogP contribution is -2.53. The number of nitrogens with one attached hydrogen (secondary N) is 3. The SMILES string of the molecule is Cc1ccc(C)c(C(=O)C2(Nc3ccc4nc[nH]c4c3)NC(N)=CS2)c1C. The van der Waals surface area contributed by atoms with Gasteiger partial charge in [-0.1, -0.05) is 23.9 Å². The molecule has 3 aromatic rings. The zero-order valence-electron chi connectivity index (χ0n) is 15.4. The third-order valence-electron chi connectivity index (χ3n) is 4.91. The minimum Gasteiger partial charge on any atom is -0.385 e. The summed E-state index contributed by atoms with van der Waals surface area (Å²) in [7, 11) is 0. The number of anilines is 1. The van der Waals surface area contributed by atoms with E-state index in [1.807, 2.05) is 51.1 Å². The average Bonchev–Trinajstić information content (AvgIpc) is 3.25. The first-order valence-electron chi connectivity index (χ1n) is 8.64. The number of thioether (sulfide) groups is 1. The number of H-pyrrole nitrogens is 1. The maximum atomic E-state index is 13.7.